The molecule has 1 aromatic heterocycles. The molecule has 2 heterocycles. The van der Waals surface area contributed by atoms with Crippen LogP contribution in [0.25, 0.3) is 0 Å². The Hall–Kier alpha value is -0.940. The molecule has 1 fully saturated rings. The van der Waals surface area contributed by atoms with E-state index in [9.17, 15) is 4.79 Å². The fourth-order valence-corrected chi connectivity index (χ4v) is 2.76. The highest BCUT2D eigenvalue weighted by Crippen LogP contribution is 2.23. The van der Waals surface area contributed by atoms with Crippen LogP contribution < -0.4 is 0 Å². The zero-order chi connectivity index (χ0) is 10.8. The van der Waals surface area contributed by atoms with Crippen molar-refractivity contribution in [1.82, 2.24) is 9.88 Å². The van der Waals surface area contributed by atoms with Crippen molar-refractivity contribution < 1.29 is 9.90 Å². The van der Waals surface area contributed by atoms with Gasteiger partial charge in [0.2, 0.25) is 0 Å². The van der Waals surface area contributed by atoms with Crippen molar-refractivity contribution in [1.29, 1.82) is 0 Å². The molecule has 0 aliphatic carbocycles. The van der Waals surface area contributed by atoms with Crippen LogP contribution in [0.3, 0.4) is 0 Å². The molecule has 1 aliphatic heterocycles. The van der Waals surface area contributed by atoms with Crippen molar-refractivity contribution in [3.05, 3.63) is 16.1 Å². The molecule has 15 heavy (non-hydrogen) atoms. The summed E-state index contributed by atoms with van der Waals surface area (Å²) in [5.74, 6) is -0.699. The van der Waals surface area contributed by atoms with E-state index in [2.05, 4.69) is 4.98 Å². The molecule has 1 N–H and O–H groups in total. The summed E-state index contributed by atoms with van der Waals surface area (Å²) >= 11 is 1.60. The number of aryl methyl sites for hydroxylation is 1. The molecule has 0 bridgehead atoms. The second kappa shape index (κ2) is 4.28. The predicted octanol–water partition coefficient (Wildman–Crippen LogP) is 1.50. The number of nitrogens with zero attached hydrogens (tertiary/aromatic N) is 2. The van der Waals surface area contributed by atoms with Gasteiger partial charge >= 0.3 is 5.97 Å². The summed E-state index contributed by atoms with van der Waals surface area (Å²) in [7, 11) is 0. The van der Waals surface area contributed by atoms with Gasteiger partial charge in [0.05, 0.1) is 11.2 Å². The van der Waals surface area contributed by atoms with Crippen molar-refractivity contribution >= 4 is 17.3 Å². The minimum Gasteiger partial charge on any atom is -0.480 e. The van der Waals surface area contributed by atoms with E-state index >= 15 is 0 Å². The second-order valence-electron chi connectivity index (χ2n) is 3.83. The highest BCUT2D eigenvalue weighted by atomic mass is 32.1. The van der Waals surface area contributed by atoms with Gasteiger partial charge in [0.1, 0.15) is 6.04 Å². The Labute approximate surface area is 92.6 Å². The van der Waals surface area contributed by atoms with E-state index in [4.69, 9.17) is 5.11 Å². The molecule has 1 aliphatic rings. The molecule has 0 spiro atoms. The molecule has 1 saturated heterocycles. The van der Waals surface area contributed by atoms with Gasteiger partial charge in [-0.15, -0.1) is 11.3 Å². The molecule has 1 atom stereocenters. The smallest absolute Gasteiger partial charge is 0.320 e. The third-order valence-electron chi connectivity index (χ3n) is 2.84. The molecule has 0 radical (unpaired) electrons. The van der Waals surface area contributed by atoms with E-state index in [0.29, 0.717) is 0 Å². The van der Waals surface area contributed by atoms with Crippen molar-refractivity contribution in [2.45, 2.75) is 32.4 Å². The van der Waals surface area contributed by atoms with Gasteiger partial charge in [0.15, 0.2) is 0 Å². The van der Waals surface area contributed by atoms with Crippen molar-refractivity contribution in [3.8, 4) is 0 Å². The highest BCUT2D eigenvalue weighted by Gasteiger charge is 2.30. The Morgan fingerprint density at radius 2 is 2.60 bits per heavy atom. The van der Waals surface area contributed by atoms with Crippen molar-refractivity contribution in [3.63, 3.8) is 0 Å². The third kappa shape index (κ3) is 2.18. The standard InChI is InChI=1S/C10H14N2O2S/c1-7-9(15-6-11-7)5-12-4-2-3-8(12)10(13)14/h6,8H,2-5H2,1H3,(H,13,14). The fourth-order valence-electron chi connectivity index (χ4n) is 1.96. The summed E-state index contributed by atoms with van der Waals surface area (Å²) in [6.45, 7) is 3.58. The molecule has 82 valence electrons. The lowest BCUT2D eigenvalue weighted by Gasteiger charge is -2.20. The first-order valence-corrected chi connectivity index (χ1v) is 5.92. The van der Waals surface area contributed by atoms with Gasteiger partial charge in [-0.25, -0.2) is 4.98 Å². The summed E-state index contributed by atoms with van der Waals surface area (Å²) < 4.78 is 0. The number of hydrogen-bond acceptors (Lipinski definition) is 4. The Morgan fingerprint density at radius 3 is 3.20 bits per heavy atom. The first kappa shape index (κ1) is 10.6. The van der Waals surface area contributed by atoms with Gasteiger partial charge in [0, 0.05) is 11.4 Å². The van der Waals surface area contributed by atoms with E-state index in [-0.39, 0.29) is 6.04 Å². The van der Waals surface area contributed by atoms with Crippen LogP contribution in [0.1, 0.15) is 23.4 Å². The maximum Gasteiger partial charge on any atom is 0.320 e. The number of likely N-dealkylation sites (tertiary alicyclic amines) is 1. The highest BCUT2D eigenvalue weighted by molar-refractivity contribution is 7.09. The van der Waals surface area contributed by atoms with E-state index in [1.54, 1.807) is 11.3 Å². The van der Waals surface area contributed by atoms with Crippen LogP contribution in [0.5, 0.6) is 0 Å². The van der Waals surface area contributed by atoms with Crippen LogP contribution in [0, 0.1) is 6.92 Å². The summed E-state index contributed by atoms with van der Waals surface area (Å²) in [5, 5.41) is 9.03. The Balaban J connectivity index is 2.06. The van der Waals surface area contributed by atoms with Gasteiger partial charge in [-0.05, 0) is 26.3 Å². The lowest BCUT2D eigenvalue weighted by atomic mass is 10.2. The number of carboxylic acid groups (broad SMARTS) is 1. The topological polar surface area (TPSA) is 53.4 Å². The van der Waals surface area contributed by atoms with Crippen LogP contribution in [-0.2, 0) is 11.3 Å². The third-order valence-corrected chi connectivity index (χ3v) is 3.76. The zero-order valence-electron chi connectivity index (χ0n) is 8.64. The van der Waals surface area contributed by atoms with E-state index in [1.807, 2.05) is 17.3 Å². The molecule has 5 heteroatoms. The summed E-state index contributed by atoms with van der Waals surface area (Å²) in [6.07, 6.45) is 1.75. The van der Waals surface area contributed by atoms with Gasteiger partial charge in [-0.1, -0.05) is 0 Å². The van der Waals surface area contributed by atoms with Crippen LogP contribution >= 0.6 is 11.3 Å². The van der Waals surface area contributed by atoms with Gasteiger partial charge in [-0.2, -0.15) is 0 Å². The van der Waals surface area contributed by atoms with E-state index in [1.165, 1.54) is 4.88 Å². The minimum absolute atomic E-state index is 0.300. The van der Waals surface area contributed by atoms with Gasteiger partial charge < -0.3 is 5.11 Å². The molecule has 1 aromatic rings. The van der Waals surface area contributed by atoms with Crippen molar-refractivity contribution in [2.75, 3.05) is 6.54 Å². The molecule has 1 unspecified atom stereocenters. The summed E-state index contributed by atoms with van der Waals surface area (Å²) in [4.78, 5) is 18.4. The summed E-state index contributed by atoms with van der Waals surface area (Å²) in [5.41, 5.74) is 2.84. The number of aromatic nitrogens is 1. The number of hydrogen-bond donors (Lipinski definition) is 1. The lowest BCUT2D eigenvalue weighted by Crippen LogP contribution is -2.35. The molecular formula is C10H14N2O2S. The molecular weight excluding hydrogens is 212 g/mol. The normalized spacial score (nSPS) is 22.1. The van der Waals surface area contributed by atoms with Crippen LogP contribution in [0.15, 0.2) is 5.51 Å². The first-order chi connectivity index (χ1) is 7.18. The maximum absolute atomic E-state index is 11.0. The van der Waals surface area contributed by atoms with Gasteiger partial charge in [-0.3, -0.25) is 9.69 Å². The van der Waals surface area contributed by atoms with Crippen molar-refractivity contribution in [2.24, 2.45) is 0 Å². The number of rotatable bonds is 3. The minimum atomic E-state index is -0.699. The quantitative estimate of drug-likeness (QED) is 0.848. The lowest BCUT2D eigenvalue weighted by molar-refractivity contribution is -0.142. The van der Waals surface area contributed by atoms with Gasteiger partial charge in [0.25, 0.3) is 0 Å². The maximum atomic E-state index is 11.0. The van der Waals surface area contributed by atoms with E-state index < -0.39 is 5.97 Å². The number of carbonyl (C=O) groups is 1. The fraction of sp³-hybridized carbons (Fsp3) is 0.600. The summed E-state index contributed by atoms with van der Waals surface area (Å²) in [6, 6.07) is -0.300. The SMILES string of the molecule is Cc1ncsc1CN1CCCC1C(=O)O. The Kier molecular flexibility index (Phi) is 3.02. The average Bonchev–Trinajstić information content (AvgIpc) is 2.77. The predicted molar refractivity (Wildman–Crippen MR) is 57.9 cm³/mol. The van der Waals surface area contributed by atoms with Crippen LogP contribution in [-0.4, -0.2) is 33.5 Å². The monoisotopic (exact) mass is 226 g/mol. The van der Waals surface area contributed by atoms with Crippen LogP contribution in [0.4, 0.5) is 0 Å². The Bertz CT molecular complexity index is 364. The zero-order valence-corrected chi connectivity index (χ0v) is 9.46. The average molecular weight is 226 g/mol. The number of aliphatic carboxylic acids is 1. The molecule has 2 rings (SSSR count). The number of carboxylic acids is 1. The molecule has 0 amide bonds. The largest absolute Gasteiger partial charge is 0.480 e. The van der Waals surface area contributed by atoms with E-state index in [0.717, 1.165) is 31.6 Å². The second-order valence-corrected chi connectivity index (χ2v) is 4.77. The Morgan fingerprint density at radius 1 is 1.80 bits per heavy atom. The number of thiazole rings is 1. The molecule has 0 saturated carbocycles. The molecule has 0 aromatic carbocycles. The van der Waals surface area contributed by atoms with Crippen LogP contribution in [0.2, 0.25) is 0 Å². The molecule has 4 nitrogen and oxygen atoms in total. The first-order valence-electron chi connectivity index (χ1n) is 5.04.